The summed E-state index contributed by atoms with van der Waals surface area (Å²) in [5.74, 6) is -1.17. The summed E-state index contributed by atoms with van der Waals surface area (Å²) >= 11 is 0. The number of carbonyl (C=O) groups excluding carboxylic acids is 1. The molecule has 1 rings (SSSR count). The van der Waals surface area contributed by atoms with Crippen molar-refractivity contribution in [1.82, 2.24) is 10.8 Å². The Morgan fingerprint density at radius 1 is 1.56 bits per heavy atom. The van der Waals surface area contributed by atoms with E-state index in [9.17, 15) is 9.59 Å². The monoisotopic (exact) mass is 230 g/mol. The smallest absolute Gasteiger partial charge is 0.332 e. The van der Waals surface area contributed by atoms with E-state index in [4.69, 9.17) is 5.11 Å². The van der Waals surface area contributed by atoms with Gasteiger partial charge in [-0.25, -0.2) is 10.3 Å². The van der Waals surface area contributed by atoms with E-state index in [1.807, 2.05) is 13.8 Å². The Hall–Kier alpha value is -1.14. The lowest BCUT2D eigenvalue weighted by atomic mass is 9.76. The summed E-state index contributed by atoms with van der Waals surface area (Å²) < 4.78 is 0. The molecule has 0 aromatic carbocycles. The van der Waals surface area contributed by atoms with Gasteiger partial charge in [0.2, 0.25) is 0 Å². The number of amides is 1. The highest BCUT2D eigenvalue weighted by Crippen LogP contribution is 2.34. The molecule has 1 amide bonds. The van der Waals surface area contributed by atoms with Crippen LogP contribution in [0.2, 0.25) is 0 Å². The molecule has 1 fully saturated rings. The summed E-state index contributed by atoms with van der Waals surface area (Å²) in [6, 6.07) is 0. The first-order chi connectivity index (χ1) is 7.49. The molecule has 16 heavy (non-hydrogen) atoms. The highest BCUT2D eigenvalue weighted by atomic mass is 16.7. The molecule has 0 spiro atoms. The molecule has 1 saturated heterocycles. The van der Waals surface area contributed by atoms with Crippen LogP contribution in [0.1, 0.15) is 20.3 Å². The lowest BCUT2D eigenvalue weighted by molar-refractivity contribution is -0.154. The minimum absolute atomic E-state index is 0.177. The lowest BCUT2D eigenvalue weighted by Crippen LogP contribution is -2.46. The van der Waals surface area contributed by atoms with E-state index in [0.717, 1.165) is 13.0 Å². The highest BCUT2D eigenvalue weighted by molar-refractivity contribution is 5.82. The van der Waals surface area contributed by atoms with Crippen LogP contribution in [-0.4, -0.2) is 36.7 Å². The van der Waals surface area contributed by atoms with Gasteiger partial charge in [0, 0.05) is 6.54 Å². The van der Waals surface area contributed by atoms with Crippen molar-refractivity contribution >= 4 is 11.9 Å². The van der Waals surface area contributed by atoms with Gasteiger partial charge in [-0.05, 0) is 18.9 Å². The van der Waals surface area contributed by atoms with Crippen LogP contribution in [0.5, 0.6) is 0 Å². The number of carbonyl (C=O) groups is 2. The third kappa shape index (κ3) is 2.70. The van der Waals surface area contributed by atoms with E-state index in [-0.39, 0.29) is 11.8 Å². The minimum atomic E-state index is -1.11. The second-order valence-corrected chi connectivity index (χ2v) is 4.35. The Kier molecular flexibility index (Phi) is 4.26. The number of hydroxylamine groups is 1. The van der Waals surface area contributed by atoms with Crippen LogP contribution in [0.4, 0.5) is 0 Å². The Bertz CT molecular complexity index is 272. The van der Waals surface area contributed by atoms with Crippen LogP contribution >= 0.6 is 0 Å². The van der Waals surface area contributed by atoms with E-state index in [0.29, 0.717) is 6.54 Å². The Morgan fingerprint density at radius 3 is 2.69 bits per heavy atom. The fourth-order valence-electron chi connectivity index (χ4n) is 1.93. The molecule has 1 atom stereocenters. The Morgan fingerprint density at radius 2 is 2.25 bits per heavy atom. The first-order valence-corrected chi connectivity index (χ1v) is 5.34. The van der Waals surface area contributed by atoms with Gasteiger partial charge in [-0.2, -0.15) is 0 Å². The van der Waals surface area contributed by atoms with Gasteiger partial charge in [-0.1, -0.05) is 13.8 Å². The highest BCUT2D eigenvalue weighted by Gasteiger charge is 2.44. The van der Waals surface area contributed by atoms with Crippen LogP contribution in [0.15, 0.2) is 0 Å². The molecule has 1 heterocycles. The average molecular weight is 230 g/mol. The molecule has 0 aromatic heterocycles. The maximum atomic E-state index is 11.9. The zero-order valence-corrected chi connectivity index (χ0v) is 9.58. The third-order valence-corrected chi connectivity index (χ3v) is 3.11. The summed E-state index contributed by atoms with van der Waals surface area (Å²) in [7, 11) is 0. The molecule has 0 radical (unpaired) electrons. The van der Waals surface area contributed by atoms with Gasteiger partial charge < -0.3 is 10.4 Å². The molecule has 6 heteroatoms. The number of hydrogen-bond donors (Lipinski definition) is 3. The Labute approximate surface area is 94.3 Å². The molecule has 3 N–H and O–H groups in total. The predicted octanol–water partition coefficient (Wildman–Crippen LogP) is -0.245. The maximum absolute atomic E-state index is 11.9. The maximum Gasteiger partial charge on any atom is 0.332 e. The Balaban J connectivity index is 2.52. The van der Waals surface area contributed by atoms with Gasteiger partial charge in [0.05, 0.1) is 5.41 Å². The summed E-state index contributed by atoms with van der Waals surface area (Å²) in [5, 5.41) is 11.5. The molecule has 1 aliphatic rings. The number of carboxylic acid groups (broad SMARTS) is 1. The normalized spacial score (nSPS) is 24.7. The quantitative estimate of drug-likeness (QED) is 0.567. The molecule has 0 aromatic rings. The molecule has 6 nitrogen and oxygen atoms in total. The van der Waals surface area contributed by atoms with Crippen molar-refractivity contribution in [2.24, 2.45) is 11.3 Å². The van der Waals surface area contributed by atoms with E-state index in [2.05, 4.69) is 15.6 Å². The zero-order chi connectivity index (χ0) is 12.2. The largest absolute Gasteiger partial charge is 0.479 e. The van der Waals surface area contributed by atoms with E-state index in [1.54, 1.807) is 0 Å². The zero-order valence-electron chi connectivity index (χ0n) is 9.58. The summed E-state index contributed by atoms with van der Waals surface area (Å²) in [4.78, 5) is 26.8. The first-order valence-electron chi connectivity index (χ1n) is 5.34. The van der Waals surface area contributed by atoms with Crippen molar-refractivity contribution in [3.8, 4) is 0 Å². The van der Waals surface area contributed by atoms with Gasteiger partial charge in [-0.3, -0.25) is 9.63 Å². The van der Waals surface area contributed by atoms with Crippen molar-refractivity contribution in [1.29, 1.82) is 0 Å². The summed E-state index contributed by atoms with van der Waals surface area (Å²) in [5.41, 5.74) is 1.73. The molecule has 1 unspecified atom stereocenters. The van der Waals surface area contributed by atoms with E-state index in [1.165, 1.54) is 0 Å². The van der Waals surface area contributed by atoms with Gasteiger partial charge in [-0.15, -0.1) is 0 Å². The van der Waals surface area contributed by atoms with Crippen LogP contribution in [0.3, 0.4) is 0 Å². The van der Waals surface area contributed by atoms with Gasteiger partial charge >= 0.3 is 5.97 Å². The van der Waals surface area contributed by atoms with Gasteiger partial charge in [0.15, 0.2) is 6.61 Å². The fourth-order valence-corrected chi connectivity index (χ4v) is 1.93. The summed E-state index contributed by atoms with van der Waals surface area (Å²) in [6.07, 6.45) is 0.743. The molecular formula is C10H18N2O4. The van der Waals surface area contributed by atoms with Crippen molar-refractivity contribution in [3.05, 3.63) is 0 Å². The molecule has 1 aliphatic heterocycles. The topological polar surface area (TPSA) is 87.7 Å². The van der Waals surface area contributed by atoms with E-state index < -0.39 is 18.0 Å². The SMILES string of the molecule is CC(C)C1(C(=O)NOCC(=O)O)CCNC1. The molecule has 0 saturated carbocycles. The van der Waals surface area contributed by atoms with Gasteiger partial charge in [0.25, 0.3) is 5.91 Å². The van der Waals surface area contributed by atoms with Crippen LogP contribution in [0, 0.1) is 11.3 Å². The second-order valence-electron chi connectivity index (χ2n) is 4.35. The fraction of sp³-hybridized carbons (Fsp3) is 0.800. The van der Waals surface area contributed by atoms with Crippen molar-refractivity contribution in [3.63, 3.8) is 0 Å². The van der Waals surface area contributed by atoms with E-state index >= 15 is 0 Å². The van der Waals surface area contributed by atoms with Gasteiger partial charge in [0.1, 0.15) is 0 Å². The van der Waals surface area contributed by atoms with Crippen LogP contribution < -0.4 is 10.8 Å². The number of nitrogens with one attached hydrogen (secondary N) is 2. The number of carboxylic acids is 1. The number of rotatable bonds is 5. The van der Waals surface area contributed by atoms with Crippen LogP contribution in [-0.2, 0) is 14.4 Å². The number of hydrogen-bond acceptors (Lipinski definition) is 4. The molecule has 92 valence electrons. The first kappa shape index (κ1) is 12.9. The molecule has 0 aliphatic carbocycles. The van der Waals surface area contributed by atoms with Crippen LogP contribution in [0.25, 0.3) is 0 Å². The standard InChI is InChI=1S/C10H18N2O4/c1-7(2)10(3-4-11-6-10)9(15)12-16-5-8(13)14/h7,11H,3-6H2,1-2H3,(H,12,15)(H,13,14). The minimum Gasteiger partial charge on any atom is -0.479 e. The molecular weight excluding hydrogens is 212 g/mol. The lowest BCUT2D eigenvalue weighted by Gasteiger charge is -2.30. The number of aliphatic carboxylic acids is 1. The average Bonchev–Trinajstić information content (AvgIpc) is 2.66. The van der Waals surface area contributed by atoms with Crippen molar-refractivity contribution < 1.29 is 19.5 Å². The molecule has 0 bridgehead atoms. The third-order valence-electron chi connectivity index (χ3n) is 3.11. The van der Waals surface area contributed by atoms with Crippen molar-refractivity contribution in [2.45, 2.75) is 20.3 Å². The summed E-state index contributed by atoms with van der Waals surface area (Å²) in [6.45, 7) is 4.83. The second kappa shape index (κ2) is 5.27. The predicted molar refractivity (Wildman–Crippen MR) is 56.5 cm³/mol. The van der Waals surface area contributed by atoms with Crippen molar-refractivity contribution in [2.75, 3.05) is 19.7 Å².